The molecule has 3 atom stereocenters. The van der Waals surface area contributed by atoms with Gasteiger partial charge in [0.05, 0.1) is 13.3 Å². The van der Waals surface area contributed by atoms with Gasteiger partial charge in [0.1, 0.15) is 5.72 Å². The van der Waals surface area contributed by atoms with Gasteiger partial charge in [-0.05, 0) is 52.1 Å². The minimum absolute atomic E-state index is 0.446. The SMILES string of the molecule is CC1CCN2CN(C(C)(OCCN(C)C)c3ccc(Cl)cc3)CC2CN1. The Morgan fingerprint density at radius 3 is 2.73 bits per heavy atom. The van der Waals surface area contributed by atoms with E-state index in [1.807, 2.05) is 12.1 Å². The van der Waals surface area contributed by atoms with Crippen molar-refractivity contribution in [3.05, 3.63) is 34.9 Å². The molecule has 0 spiro atoms. The predicted octanol–water partition coefficient (Wildman–Crippen LogP) is 2.42. The van der Waals surface area contributed by atoms with Crippen LogP contribution in [0.5, 0.6) is 0 Å². The van der Waals surface area contributed by atoms with E-state index in [2.05, 4.69) is 60.1 Å². The molecular weight excluding hydrogens is 348 g/mol. The number of rotatable bonds is 6. The van der Waals surface area contributed by atoms with Crippen LogP contribution in [-0.2, 0) is 10.5 Å². The third kappa shape index (κ3) is 4.58. The summed E-state index contributed by atoms with van der Waals surface area (Å²) in [5.74, 6) is 0. The lowest BCUT2D eigenvalue weighted by Gasteiger charge is -2.39. The Balaban J connectivity index is 1.78. The normalized spacial score (nSPS) is 27.3. The van der Waals surface area contributed by atoms with Crippen molar-refractivity contribution in [2.75, 3.05) is 53.5 Å². The molecule has 1 aromatic carbocycles. The first-order valence-corrected chi connectivity index (χ1v) is 10.0. The van der Waals surface area contributed by atoms with Crippen molar-refractivity contribution in [3.63, 3.8) is 0 Å². The zero-order chi connectivity index (χ0) is 18.7. The summed E-state index contributed by atoms with van der Waals surface area (Å²) < 4.78 is 6.50. The molecule has 146 valence electrons. The van der Waals surface area contributed by atoms with Crippen LogP contribution in [0.4, 0.5) is 0 Å². The molecule has 5 nitrogen and oxygen atoms in total. The van der Waals surface area contributed by atoms with E-state index in [-0.39, 0.29) is 0 Å². The van der Waals surface area contributed by atoms with Crippen molar-refractivity contribution in [1.82, 2.24) is 20.0 Å². The van der Waals surface area contributed by atoms with Gasteiger partial charge < -0.3 is 15.0 Å². The summed E-state index contributed by atoms with van der Waals surface area (Å²) in [5.41, 5.74) is 0.720. The van der Waals surface area contributed by atoms with E-state index < -0.39 is 5.72 Å². The highest BCUT2D eigenvalue weighted by atomic mass is 35.5. The number of likely N-dealkylation sites (N-methyl/N-ethyl adjacent to an activating group) is 1. The first-order valence-electron chi connectivity index (χ1n) is 9.65. The summed E-state index contributed by atoms with van der Waals surface area (Å²) in [6.07, 6.45) is 1.20. The van der Waals surface area contributed by atoms with E-state index in [1.165, 1.54) is 12.0 Å². The highest BCUT2D eigenvalue weighted by Crippen LogP contribution is 2.34. The predicted molar refractivity (Wildman–Crippen MR) is 107 cm³/mol. The fourth-order valence-corrected chi connectivity index (χ4v) is 3.99. The van der Waals surface area contributed by atoms with Gasteiger partial charge in [-0.3, -0.25) is 9.80 Å². The number of nitrogens with one attached hydrogen (secondary N) is 1. The number of benzene rings is 1. The Labute approximate surface area is 163 Å². The molecule has 0 aliphatic carbocycles. The van der Waals surface area contributed by atoms with Crippen LogP contribution in [0.3, 0.4) is 0 Å². The lowest BCUT2D eigenvalue weighted by molar-refractivity contribution is -0.150. The Kier molecular flexibility index (Phi) is 6.59. The number of hydrogen-bond acceptors (Lipinski definition) is 5. The van der Waals surface area contributed by atoms with Gasteiger partial charge in [0.2, 0.25) is 0 Å². The van der Waals surface area contributed by atoms with Gasteiger partial charge in [-0.25, -0.2) is 0 Å². The molecule has 1 aromatic rings. The molecule has 1 N–H and O–H groups in total. The zero-order valence-corrected chi connectivity index (χ0v) is 17.3. The van der Waals surface area contributed by atoms with Crippen LogP contribution in [0.25, 0.3) is 0 Å². The highest BCUT2D eigenvalue weighted by Gasteiger charge is 2.43. The van der Waals surface area contributed by atoms with Gasteiger partial charge in [-0.1, -0.05) is 23.7 Å². The van der Waals surface area contributed by atoms with Crippen molar-refractivity contribution >= 4 is 11.6 Å². The lowest BCUT2D eigenvalue weighted by atomic mass is 10.0. The molecule has 2 fully saturated rings. The fraction of sp³-hybridized carbons (Fsp3) is 0.700. The van der Waals surface area contributed by atoms with Gasteiger partial charge in [0, 0.05) is 43.3 Å². The van der Waals surface area contributed by atoms with Gasteiger partial charge in [0.15, 0.2) is 0 Å². The third-order valence-electron chi connectivity index (χ3n) is 5.76. The van der Waals surface area contributed by atoms with E-state index in [0.29, 0.717) is 18.7 Å². The molecule has 0 saturated carbocycles. The maximum Gasteiger partial charge on any atom is 0.146 e. The summed E-state index contributed by atoms with van der Waals surface area (Å²) in [6, 6.07) is 9.27. The molecule has 2 heterocycles. The Morgan fingerprint density at radius 1 is 1.31 bits per heavy atom. The molecule has 2 aliphatic rings. The van der Waals surface area contributed by atoms with E-state index in [0.717, 1.165) is 37.9 Å². The molecule has 0 radical (unpaired) electrons. The lowest BCUT2D eigenvalue weighted by Crippen LogP contribution is -2.47. The van der Waals surface area contributed by atoms with Crippen LogP contribution >= 0.6 is 11.6 Å². The number of halogens is 1. The van der Waals surface area contributed by atoms with Crippen LogP contribution in [0.15, 0.2) is 24.3 Å². The van der Waals surface area contributed by atoms with Crippen LogP contribution in [0, 0.1) is 0 Å². The average Bonchev–Trinajstić information content (AvgIpc) is 2.94. The second kappa shape index (κ2) is 8.55. The summed E-state index contributed by atoms with van der Waals surface area (Å²) in [5, 5.41) is 4.42. The van der Waals surface area contributed by atoms with E-state index >= 15 is 0 Å². The van der Waals surface area contributed by atoms with Crippen LogP contribution < -0.4 is 5.32 Å². The monoisotopic (exact) mass is 380 g/mol. The Bertz CT molecular complexity index is 566. The summed E-state index contributed by atoms with van der Waals surface area (Å²) in [7, 11) is 4.16. The molecule has 0 aromatic heterocycles. The number of fused-ring (bicyclic) bond motifs is 1. The molecule has 3 rings (SSSR count). The molecular formula is C20H33ClN4O. The molecule has 3 unspecified atom stereocenters. The van der Waals surface area contributed by atoms with Crippen LogP contribution in [0.2, 0.25) is 5.02 Å². The topological polar surface area (TPSA) is 31.0 Å². The van der Waals surface area contributed by atoms with Gasteiger partial charge in [0.25, 0.3) is 0 Å². The molecule has 2 aliphatic heterocycles. The summed E-state index contributed by atoms with van der Waals surface area (Å²) in [6.45, 7) is 10.2. The standard InChI is InChI=1S/C20H33ClN4O/c1-16-9-10-24-15-25(14-19(24)13-22-16)20(2,26-12-11-23(3)4)17-5-7-18(21)8-6-17/h5-8,16,19,22H,9-15H2,1-4H3. The summed E-state index contributed by atoms with van der Waals surface area (Å²) in [4.78, 5) is 7.24. The van der Waals surface area contributed by atoms with Crippen molar-refractivity contribution < 1.29 is 4.74 Å². The molecule has 26 heavy (non-hydrogen) atoms. The zero-order valence-electron chi connectivity index (χ0n) is 16.5. The number of hydrogen-bond donors (Lipinski definition) is 1. The second-order valence-electron chi connectivity index (χ2n) is 8.07. The second-order valence-corrected chi connectivity index (χ2v) is 8.51. The molecule has 2 saturated heterocycles. The summed E-state index contributed by atoms with van der Waals surface area (Å²) >= 11 is 6.12. The smallest absolute Gasteiger partial charge is 0.146 e. The first kappa shape index (κ1) is 20.1. The Morgan fingerprint density at radius 2 is 2.04 bits per heavy atom. The highest BCUT2D eigenvalue weighted by molar-refractivity contribution is 6.30. The number of nitrogens with zero attached hydrogens (tertiary/aromatic N) is 3. The first-order chi connectivity index (χ1) is 12.4. The minimum Gasteiger partial charge on any atom is -0.355 e. The van der Waals surface area contributed by atoms with Crippen molar-refractivity contribution in [2.24, 2.45) is 0 Å². The minimum atomic E-state index is -0.446. The fourth-order valence-electron chi connectivity index (χ4n) is 3.86. The van der Waals surface area contributed by atoms with E-state index in [4.69, 9.17) is 16.3 Å². The Hall–Kier alpha value is -0.690. The van der Waals surface area contributed by atoms with Crippen LogP contribution in [0.1, 0.15) is 25.8 Å². The third-order valence-corrected chi connectivity index (χ3v) is 6.01. The van der Waals surface area contributed by atoms with Crippen molar-refractivity contribution in [2.45, 2.75) is 38.1 Å². The van der Waals surface area contributed by atoms with Gasteiger partial charge in [-0.15, -0.1) is 0 Å². The largest absolute Gasteiger partial charge is 0.355 e. The van der Waals surface area contributed by atoms with E-state index in [1.54, 1.807) is 0 Å². The molecule has 6 heteroatoms. The van der Waals surface area contributed by atoms with Crippen molar-refractivity contribution in [3.8, 4) is 0 Å². The quantitative estimate of drug-likeness (QED) is 0.819. The molecule has 0 amide bonds. The van der Waals surface area contributed by atoms with Gasteiger partial charge >= 0.3 is 0 Å². The molecule has 0 bridgehead atoms. The van der Waals surface area contributed by atoms with Gasteiger partial charge in [-0.2, -0.15) is 0 Å². The van der Waals surface area contributed by atoms with Crippen molar-refractivity contribution in [1.29, 1.82) is 0 Å². The maximum atomic E-state index is 6.50. The number of ether oxygens (including phenoxy) is 1. The average molecular weight is 381 g/mol. The van der Waals surface area contributed by atoms with Crippen LogP contribution in [-0.4, -0.2) is 80.3 Å². The maximum absolute atomic E-state index is 6.50. The van der Waals surface area contributed by atoms with E-state index in [9.17, 15) is 0 Å².